The first-order chi connectivity index (χ1) is 8.63. The molecule has 0 aliphatic carbocycles. The van der Waals surface area contributed by atoms with Crippen LogP contribution in [0, 0.1) is 13.8 Å². The van der Waals surface area contributed by atoms with E-state index < -0.39 is 0 Å². The molecule has 0 saturated carbocycles. The van der Waals surface area contributed by atoms with Gasteiger partial charge in [-0.1, -0.05) is 23.7 Å². The second-order valence-electron chi connectivity index (χ2n) is 4.46. The van der Waals surface area contributed by atoms with Gasteiger partial charge >= 0.3 is 0 Å². The highest BCUT2D eigenvalue weighted by atomic mass is 35.5. The highest BCUT2D eigenvalue weighted by Crippen LogP contribution is 2.27. The highest BCUT2D eigenvalue weighted by Gasteiger charge is 2.14. The Kier molecular flexibility index (Phi) is 4.00. The number of aromatic nitrogens is 1. The predicted molar refractivity (Wildman–Crippen MR) is 76.1 cm³/mol. The molecule has 1 aromatic heterocycles. The Morgan fingerprint density at radius 1 is 1.17 bits per heavy atom. The minimum atomic E-state index is 0.122. The molecule has 0 bridgehead atoms. The van der Waals surface area contributed by atoms with E-state index in [1.165, 1.54) is 11.1 Å². The van der Waals surface area contributed by atoms with Gasteiger partial charge in [0.2, 0.25) is 0 Å². The summed E-state index contributed by atoms with van der Waals surface area (Å²) in [6.07, 6.45) is 3.72. The van der Waals surface area contributed by atoms with E-state index in [1.807, 2.05) is 44.6 Å². The van der Waals surface area contributed by atoms with Crippen molar-refractivity contribution < 1.29 is 0 Å². The number of hydrogen-bond donors (Lipinski definition) is 1. The van der Waals surface area contributed by atoms with E-state index >= 15 is 0 Å². The summed E-state index contributed by atoms with van der Waals surface area (Å²) < 4.78 is 0. The summed E-state index contributed by atoms with van der Waals surface area (Å²) in [6.45, 7) is 4.10. The summed E-state index contributed by atoms with van der Waals surface area (Å²) in [5, 5.41) is 4.12. The maximum absolute atomic E-state index is 6.20. The summed E-state index contributed by atoms with van der Waals surface area (Å²) in [5.41, 5.74) is 4.66. The molecule has 1 heterocycles. The van der Waals surface area contributed by atoms with Gasteiger partial charge in [-0.3, -0.25) is 4.98 Å². The molecule has 2 aromatic rings. The summed E-state index contributed by atoms with van der Waals surface area (Å²) in [6, 6.07) is 8.32. The molecule has 1 unspecified atom stereocenters. The van der Waals surface area contributed by atoms with Gasteiger partial charge in [0.1, 0.15) is 0 Å². The number of aryl methyl sites for hydroxylation is 2. The second-order valence-corrected chi connectivity index (χ2v) is 4.87. The monoisotopic (exact) mass is 260 g/mol. The fourth-order valence-electron chi connectivity index (χ4n) is 2.07. The van der Waals surface area contributed by atoms with Crippen LogP contribution < -0.4 is 5.32 Å². The van der Waals surface area contributed by atoms with Crippen molar-refractivity contribution in [1.82, 2.24) is 10.3 Å². The summed E-state index contributed by atoms with van der Waals surface area (Å²) in [4.78, 5) is 4.21. The van der Waals surface area contributed by atoms with E-state index in [2.05, 4.69) is 23.3 Å². The van der Waals surface area contributed by atoms with E-state index in [-0.39, 0.29) is 6.04 Å². The van der Waals surface area contributed by atoms with Gasteiger partial charge in [0.25, 0.3) is 0 Å². The Bertz CT molecular complexity index is 552. The van der Waals surface area contributed by atoms with E-state index in [1.54, 1.807) is 0 Å². The van der Waals surface area contributed by atoms with Gasteiger partial charge in [-0.15, -0.1) is 0 Å². The van der Waals surface area contributed by atoms with Crippen LogP contribution >= 0.6 is 11.6 Å². The van der Waals surface area contributed by atoms with Crippen LogP contribution in [0.3, 0.4) is 0 Å². The van der Waals surface area contributed by atoms with Gasteiger partial charge in [0.15, 0.2) is 0 Å². The van der Waals surface area contributed by atoms with Crippen LogP contribution in [0.1, 0.15) is 28.3 Å². The van der Waals surface area contributed by atoms with E-state index in [0.29, 0.717) is 0 Å². The molecule has 1 N–H and O–H groups in total. The molecule has 0 aliphatic heterocycles. The molecular weight excluding hydrogens is 244 g/mol. The molecule has 1 aromatic carbocycles. The standard InChI is InChI=1S/C15H17ClN2/c1-10-6-7-18-9-13(10)15(17-3)12-5-4-11(2)14(16)8-12/h4-9,15,17H,1-3H3. The lowest BCUT2D eigenvalue weighted by Gasteiger charge is -2.19. The number of hydrogen-bond acceptors (Lipinski definition) is 2. The first-order valence-corrected chi connectivity index (χ1v) is 6.35. The van der Waals surface area contributed by atoms with Crippen molar-refractivity contribution in [2.24, 2.45) is 0 Å². The van der Waals surface area contributed by atoms with Crippen molar-refractivity contribution in [3.8, 4) is 0 Å². The third-order valence-electron chi connectivity index (χ3n) is 3.21. The fraction of sp³-hybridized carbons (Fsp3) is 0.267. The average molecular weight is 261 g/mol. The quantitative estimate of drug-likeness (QED) is 0.911. The Hall–Kier alpha value is -1.38. The predicted octanol–water partition coefficient (Wildman–Crippen LogP) is 3.66. The molecule has 0 saturated heterocycles. The maximum atomic E-state index is 6.20. The lowest BCUT2D eigenvalue weighted by Crippen LogP contribution is -2.19. The molecular formula is C15H17ClN2. The van der Waals surface area contributed by atoms with Gasteiger partial charge in [-0.05, 0) is 55.3 Å². The van der Waals surface area contributed by atoms with Gasteiger partial charge in [0, 0.05) is 17.4 Å². The van der Waals surface area contributed by atoms with Crippen molar-refractivity contribution in [2.45, 2.75) is 19.9 Å². The normalized spacial score (nSPS) is 12.4. The first-order valence-electron chi connectivity index (χ1n) is 5.97. The molecule has 0 amide bonds. The van der Waals surface area contributed by atoms with E-state index in [9.17, 15) is 0 Å². The zero-order valence-corrected chi connectivity index (χ0v) is 11.6. The van der Waals surface area contributed by atoms with Crippen LogP contribution in [0.4, 0.5) is 0 Å². The van der Waals surface area contributed by atoms with Crippen molar-refractivity contribution in [3.05, 3.63) is 63.9 Å². The summed E-state index contributed by atoms with van der Waals surface area (Å²) >= 11 is 6.20. The molecule has 0 fully saturated rings. The van der Waals surface area contributed by atoms with Crippen LogP contribution in [0.2, 0.25) is 5.02 Å². The molecule has 2 rings (SSSR count). The van der Waals surface area contributed by atoms with Gasteiger partial charge in [-0.25, -0.2) is 0 Å². The smallest absolute Gasteiger partial charge is 0.0592 e. The average Bonchev–Trinajstić information content (AvgIpc) is 2.37. The van der Waals surface area contributed by atoms with Crippen LogP contribution in [-0.4, -0.2) is 12.0 Å². The molecule has 94 valence electrons. The summed E-state index contributed by atoms with van der Waals surface area (Å²) in [7, 11) is 1.95. The number of rotatable bonds is 3. The van der Waals surface area contributed by atoms with Crippen LogP contribution in [0.25, 0.3) is 0 Å². The van der Waals surface area contributed by atoms with Crippen LogP contribution in [0.15, 0.2) is 36.7 Å². The second kappa shape index (κ2) is 5.51. The first kappa shape index (κ1) is 13.1. The van der Waals surface area contributed by atoms with Gasteiger partial charge in [0.05, 0.1) is 6.04 Å². The molecule has 1 atom stereocenters. The molecule has 2 nitrogen and oxygen atoms in total. The molecule has 0 radical (unpaired) electrons. The minimum absolute atomic E-state index is 0.122. The van der Waals surface area contributed by atoms with Crippen molar-refractivity contribution >= 4 is 11.6 Å². The number of nitrogens with zero attached hydrogens (tertiary/aromatic N) is 1. The summed E-state index contributed by atoms with van der Waals surface area (Å²) in [5.74, 6) is 0. The Balaban J connectivity index is 2.45. The number of benzene rings is 1. The fourth-order valence-corrected chi connectivity index (χ4v) is 2.26. The molecule has 0 spiro atoms. The Morgan fingerprint density at radius 2 is 1.94 bits per heavy atom. The van der Waals surface area contributed by atoms with Gasteiger partial charge < -0.3 is 5.32 Å². The number of pyridine rings is 1. The minimum Gasteiger partial charge on any atom is -0.309 e. The van der Waals surface area contributed by atoms with Crippen LogP contribution in [0.5, 0.6) is 0 Å². The SMILES string of the molecule is CNC(c1ccc(C)c(Cl)c1)c1cnccc1C. The van der Waals surface area contributed by atoms with Crippen LogP contribution in [-0.2, 0) is 0 Å². The highest BCUT2D eigenvalue weighted by molar-refractivity contribution is 6.31. The lowest BCUT2D eigenvalue weighted by atomic mass is 9.96. The third-order valence-corrected chi connectivity index (χ3v) is 3.62. The largest absolute Gasteiger partial charge is 0.309 e. The third kappa shape index (κ3) is 2.55. The van der Waals surface area contributed by atoms with Crippen molar-refractivity contribution in [1.29, 1.82) is 0 Å². The number of nitrogens with one attached hydrogen (secondary N) is 1. The zero-order chi connectivity index (χ0) is 13.1. The van der Waals surface area contributed by atoms with Crippen molar-refractivity contribution in [3.63, 3.8) is 0 Å². The van der Waals surface area contributed by atoms with Gasteiger partial charge in [-0.2, -0.15) is 0 Å². The van der Waals surface area contributed by atoms with E-state index in [0.717, 1.165) is 16.1 Å². The lowest BCUT2D eigenvalue weighted by molar-refractivity contribution is 0.684. The molecule has 0 aliphatic rings. The van der Waals surface area contributed by atoms with E-state index in [4.69, 9.17) is 11.6 Å². The molecule has 18 heavy (non-hydrogen) atoms. The molecule has 3 heteroatoms. The Morgan fingerprint density at radius 3 is 2.56 bits per heavy atom. The zero-order valence-electron chi connectivity index (χ0n) is 10.9. The topological polar surface area (TPSA) is 24.9 Å². The maximum Gasteiger partial charge on any atom is 0.0592 e. The Labute approximate surface area is 113 Å². The number of halogens is 1. The van der Waals surface area contributed by atoms with Crippen molar-refractivity contribution in [2.75, 3.05) is 7.05 Å².